The second-order valence-corrected chi connectivity index (χ2v) is 12.3. The van der Waals surface area contributed by atoms with Crippen molar-refractivity contribution in [1.82, 2.24) is 15.1 Å². The monoisotopic (exact) mass is 612 g/mol. The van der Waals surface area contributed by atoms with Gasteiger partial charge in [0.25, 0.3) is 5.91 Å². The number of carbonyl (C=O) groups is 2. The lowest BCUT2D eigenvalue weighted by atomic mass is 10.0. The van der Waals surface area contributed by atoms with Crippen LogP contribution in [0.15, 0.2) is 42.5 Å². The Balaban J connectivity index is 1.88. The number of hydrogen-bond acceptors (Lipinski definition) is 7. The quantitative estimate of drug-likeness (QED) is 0.359. The number of anilines is 1. The van der Waals surface area contributed by atoms with Crippen molar-refractivity contribution in [2.45, 2.75) is 84.7 Å². The number of likely N-dealkylation sites (N-methyl/N-ethyl adjacent to an activating group) is 1. The average Bonchev–Trinajstić information content (AvgIpc) is 2.98. The highest BCUT2D eigenvalue weighted by Crippen LogP contribution is 2.28. The molecule has 0 aliphatic carbocycles. The number of ether oxygens (including phenoxy) is 3. The first-order valence-electron chi connectivity index (χ1n) is 15.7. The summed E-state index contributed by atoms with van der Waals surface area (Å²) in [6.07, 6.45) is 2.37. The van der Waals surface area contributed by atoms with Crippen LogP contribution in [-0.4, -0.2) is 91.6 Å². The fraction of sp³-hybridized carbons (Fsp3) is 0.588. The van der Waals surface area contributed by atoms with Gasteiger partial charge >= 0.3 is 6.03 Å². The van der Waals surface area contributed by atoms with Crippen molar-refractivity contribution >= 4 is 17.6 Å². The molecule has 244 valence electrons. The van der Waals surface area contributed by atoms with Crippen LogP contribution in [0.2, 0.25) is 0 Å². The molecule has 0 saturated carbocycles. The number of carbonyl (C=O) groups excluding carboxylic acids is 2. The standard InChI is InChI=1S/C34H52N4O6/c1-23(2)35-34(41)36-28-13-16-31-30(18-28)33(40)38(25(4)22-39)19-24(3)32(43-17-9-8-10-26(5)44-31)21-37(6)20-27-11-14-29(42-7)15-12-27/h11-16,18,23-26,32,39H,8-10,17,19-22H2,1-7H3,(H2,35,36,41)/t24-,25+,26+,32-/m1/s1. The summed E-state index contributed by atoms with van der Waals surface area (Å²) < 4.78 is 18.1. The molecular weight excluding hydrogens is 560 g/mol. The molecule has 2 aromatic carbocycles. The SMILES string of the molecule is COc1ccc(CN(C)C[C@H]2OCCCC[C@H](C)Oc3ccc(NC(=O)NC(C)C)cc3C(=O)N([C@@H](C)CO)C[C@H]2C)cc1. The third kappa shape index (κ3) is 10.7. The number of fused-ring (bicyclic) bond motifs is 1. The number of nitrogens with zero attached hydrogens (tertiary/aromatic N) is 2. The fourth-order valence-electron chi connectivity index (χ4n) is 5.31. The zero-order valence-electron chi connectivity index (χ0n) is 27.5. The molecule has 0 unspecified atom stereocenters. The summed E-state index contributed by atoms with van der Waals surface area (Å²) in [5.41, 5.74) is 2.00. The molecule has 2 aromatic rings. The molecule has 3 amide bonds. The lowest BCUT2D eigenvalue weighted by molar-refractivity contribution is -0.0177. The second-order valence-electron chi connectivity index (χ2n) is 12.3. The number of urea groups is 1. The van der Waals surface area contributed by atoms with Crippen LogP contribution in [0.1, 0.15) is 69.8 Å². The maximum Gasteiger partial charge on any atom is 0.319 e. The molecule has 0 saturated heterocycles. The number of aliphatic hydroxyl groups excluding tert-OH is 1. The average molecular weight is 613 g/mol. The summed E-state index contributed by atoms with van der Waals surface area (Å²) in [6.45, 7) is 11.9. The minimum absolute atomic E-state index is 0.0318. The van der Waals surface area contributed by atoms with Crippen LogP contribution in [0.4, 0.5) is 10.5 Å². The molecule has 3 rings (SSSR count). The van der Waals surface area contributed by atoms with E-state index in [-0.39, 0.29) is 42.7 Å². The predicted octanol–water partition coefficient (Wildman–Crippen LogP) is 5.15. The van der Waals surface area contributed by atoms with Crippen LogP contribution >= 0.6 is 0 Å². The lowest BCUT2D eigenvalue weighted by Crippen LogP contribution is -2.47. The van der Waals surface area contributed by atoms with E-state index in [1.54, 1.807) is 30.2 Å². The van der Waals surface area contributed by atoms with E-state index in [1.165, 1.54) is 5.56 Å². The zero-order chi connectivity index (χ0) is 32.2. The first-order valence-corrected chi connectivity index (χ1v) is 15.7. The maximum atomic E-state index is 14.2. The van der Waals surface area contributed by atoms with E-state index in [1.807, 2.05) is 39.8 Å². The number of amides is 3. The van der Waals surface area contributed by atoms with E-state index in [0.717, 1.165) is 31.6 Å². The number of nitrogens with one attached hydrogen (secondary N) is 2. The van der Waals surface area contributed by atoms with Crippen LogP contribution < -0.4 is 20.1 Å². The molecule has 0 radical (unpaired) electrons. The summed E-state index contributed by atoms with van der Waals surface area (Å²) >= 11 is 0. The Bertz CT molecular complexity index is 1190. The fourth-order valence-corrected chi connectivity index (χ4v) is 5.31. The van der Waals surface area contributed by atoms with Gasteiger partial charge in [-0.3, -0.25) is 9.69 Å². The van der Waals surface area contributed by atoms with Gasteiger partial charge in [0, 0.05) is 43.9 Å². The van der Waals surface area contributed by atoms with Crippen LogP contribution in [0.5, 0.6) is 11.5 Å². The van der Waals surface area contributed by atoms with E-state index >= 15 is 0 Å². The Kier molecular flexibility index (Phi) is 13.8. The molecule has 44 heavy (non-hydrogen) atoms. The molecule has 4 atom stereocenters. The molecule has 10 nitrogen and oxygen atoms in total. The van der Waals surface area contributed by atoms with Crippen molar-refractivity contribution < 1.29 is 28.9 Å². The van der Waals surface area contributed by atoms with Crippen molar-refractivity contribution in [2.24, 2.45) is 5.92 Å². The zero-order valence-corrected chi connectivity index (χ0v) is 27.5. The molecule has 0 aromatic heterocycles. The second kappa shape index (κ2) is 17.2. The Morgan fingerprint density at radius 1 is 1.14 bits per heavy atom. The smallest absolute Gasteiger partial charge is 0.319 e. The first kappa shape index (κ1) is 35.1. The predicted molar refractivity (Wildman–Crippen MR) is 173 cm³/mol. The molecule has 0 bridgehead atoms. The van der Waals surface area contributed by atoms with Gasteiger partial charge in [0.05, 0.1) is 37.5 Å². The van der Waals surface area contributed by atoms with Crippen LogP contribution in [0.25, 0.3) is 0 Å². The topological polar surface area (TPSA) is 113 Å². The summed E-state index contributed by atoms with van der Waals surface area (Å²) in [5, 5.41) is 15.8. The van der Waals surface area contributed by atoms with Gasteiger partial charge in [0.1, 0.15) is 11.5 Å². The Morgan fingerprint density at radius 2 is 1.86 bits per heavy atom. The number of rotatable bonds is 9. The van der Waals surface area contributed by atoms with E-state index in [9.17, 15) is 14.7 Å². The van der Waals surface area contributed by atoms with E-state index < -0.39 is 6.04 Å². The molecule has 1 heterocycles. The van der Waals surface area contributed by atoms with Gasteiger partial charge in [-0.15, -0.1) is 0 Å². The Hall–Kier alpha value is -3.34. The molecule has 0 spiro atoms. The first-order chi connectivity index (χ1) is 21.0. The summed E-state index contributed by atoms with van der Waals surface area (Å²) in [5.74, 6) is 0.987. The van der Waals surface area contributed by atoms with Gasteiger partial charge in [0.2, 0.25) is 0 Å². The van der Waals surface area contributed by atoms with E-state index in [2.05, 4.69) is 41.6 Å². The molecule has 10 heteroatoms. The number of benzene rings is 2. The molecule has 3 N–H and O–H groups in total. The number of aliphatic hydroxyl groups is 1. The van der Waals surface area contributed by atoms with Gasteiger partial charge < -0.3 is 34.9 Å². The van der Waals surface area contributed by atoms with Crippen LogP contribution in [0.3, 0.4) is 0 Å². The summed E-state index contributed by atoms with van der Waals surface area (Å²) in [4.78, 5) is 30.6. The highest BCUT2D eigenvalue weighted by atomic mass is 16.5. The Labute approximate surface area is 263 Å². The molecule has 0 fully saturated rings. The maximum absolute atomic E-state index is 14.2. The van der Waals surface area contributed by atoms with Crippen molar-refractivity contribution in [3.8, 4) is 11.5 Å². The van der Waals surface area contributed by atoms with Gasteiger partial charge in [-0.05, 0) is 89.9 Å². The summed E-state index contributed by atoms with van der Waals surface area (Å²) in [6, 6.07) is 12.4. The number of methoxy groups -OCH3 is 1. The van der Waals surface area contributed by atoms with Crippen molar-refractivity contribution in [3.05, 3.63) is 53.6 Å². The van der Waals surface area contributed by atoms with Crippen LogP contribution in [0, 0.1) is 5.92 Å². The van der Waals surface area contributed by atoms with E-state index in [0.29, 0.717) is 36.7 Å². The minimum atomic E-state index is -0.443. The van der Waals surface area contributed by atoms with Gasteiger partial charge in [0.15, 0.2) is 0 Å². The van der Waals surface area contributed by atoms with Crippen molar-refractivity contribution in [3.63, 3.8) is 0 Å². The van der Waals surface area contributed by atoms with E-state index in [4.69, 9.17) is 14.2 Å². The molecule has 1 aliphatic rings. The largest absolute Gasteiger partial charge is 0.497 e. The number of hydrogen-bond donors (Lipinski definition) is 3. The highest BCUT2D eigenvalue weighted by molar-refractivity contribution is 5.99. The Morgan fingerprint density at radius 3 is 2.52 bits per heavy atom. The third-order valence-corrected chi connectivity index (χ3v) is 7.83. The third-order valence-electron chi connectivity index (χ3n) is 7.83. The van der Waals surface area contributed by atoms with Crippen LogP contribution in [-0.2, 0) is 11.3 Å². The highest BCUT2D eigenvalue weighted by Gasteiger charge is 2.30. The molecule has 1 aliphatic heterocycles. The van der Waals surface area contributed by atoms with Gasteiger partial charge in [-0.1, -0.05) is 19.1 Å². The minimum Gasteiger partial charge on any atom is -0.497 e. The van der Waals surface area contributed by atoms with Gasteiger partial charge in [-0.2, -0.15) is 0 Å². The lowest BCUT2D eigenvalue weighted by Gasteiger charge is -2.36. The normalized spacial score (nSPS) is 20.8. The van der Waals surface area contributed by atoms with Crippen molar-refractivity contribution in [1.29, 1.82) is 0 Å². The van der Waals surface area contributed by atoms with Crippen molar-refractivity contribution in [2.75, 3.05) is 45.8 Å². The summed E-state index contributed by atoms with van der Waals surface area (Å²) in [7, 11) is 3.73. The van der Waals surface area contributed by atoms with Gasteiger partial charge in [-0.25, -0.2) is 4.79 Å². The molecular formula is C34H52N4O6.